The lowest BCUT2D eigenvalue weighted by atomic mass is 9.96. The van der Waals surface area contributed by atoms with Gasteiger partial charge in [-0.25, -0.2) is 13.1 Å². The molecular weight excluding hydrogens is 276 g/mol. The van der Waals surface area contributed by atoms with Gasteiger partial charge in [0.05, 0.1) is 12.3 Å². The molecule has 0 saturated carbocycles. The molecule has 1 aliphatic heterocycles. The van der Waals surface area contributed by atoms with Gasteiger partial charge in [-0.1, -0.05) is 0 Å². The highest BCUT2D eigenvalue weighted by atomic mass is 32.2. The number of hydrogen-bond donors (Lipinski definition) is 2. The van der Waals surface area contributed by atoms with E-state index < -0.39 is 10.0 Å². The van der Waals surface area contributed by atoms with E-state index in [0.29, 0.717) is 12.5 Å². The normalized spacial score (nSPS) is 19.1. The third kappa shape index (κ3) is 5.22. The highest BCUT2D eigenvalue weighted by Gasteiger charge is 2.19. The van der Waals surface area contributed by atoms with Gasteiger partial charge < -0.3 is 5.32 Å². The van der Waals surface area contributed by atoms with Crippen LogP contribution >= 0.6 is 0 Å². The van der Waals surface area contributed by atoms with Crippen molar-refractivity contribution in [1.82, 2.24) is 19.8 Å². The Balaban J connectivity index is 1.74. The van der Waals surface area contributed by atoms with E-state index in [1.54, 1.807) is 10.9 Å². The molecule has 2 rings (SSSR count). The summed E-state index contributed by atoms with van der Waals surface area (Å²) in [5.74, 6) is 0.760. The average molecular weight is 300 g/mol. The molecule has 0 spiro atoms. The smallest absolute Gasteiger partial charge is 0.211 e. The Morgan fingerprint density at radius 3 is 2.85 bits per heavy atom. The Morgan fingerprint density at radius 1 is 1.45 bits per heavy atom. The number of rotatable bonds is 7. The van der Waals surface area contributed by atoms with Gasteiger partial charge in [0.25, 0.3) is 0 Å². The van der Waals surface area contributed by atoms with Gasteiger partial charge in [-0.3, -0.25) is 4.68 Å². The van der Waals surface area contributed by atoms with E-state index in [0.717, 1.165) is 32.4 Å². The first-order valence-electron chi connectivity index (χ1n) is 7.23. The van der Waals surface area contributed by atoms with Crippen LogP contribution in [0.25, 0.3) is 0 Å². The van der Waals surface area contributed by atoms with E-state index in [-0.39, 0.29) is 11.8 Å². The molecule has 1 unspecified atom stereocenters. The second kappa shape index (κ2) is 7.19. The second-order valence-electron chi connectivity index (χ2n) is 5.55. The van der Waals surface area contributed by atoms with Crippen molar-refractivity contribution in [3.8, 4) is 0 Å². The zero-order valence-electron chi connectivity index (χ0n) is 12.0. The van der Waals surface area contributed by atoms with Crippen molar-refractivity contribution in [1.29, 1.82) is 0 Å². The van der Waals surface area contributed by atoms with Crippen LogP contribution < -0.4 is 10.0 Å². The number of nitrogens with zero attached hydrogens (tertiary/aromatic N) is 2. The fourth-order valence-electron chi connectivity index (χ4n) is 2.58. The summed E-state index contributed by atoms with van der Waals surface area (Å²) in [7, 11) is -3.19. The zero-order chi connectivity index (χ0) is 14.4. The average Bonchev–Trinajstić information content (AvgIpc) is 2.90. The van der Waals surface area contributed by atoms with Crippen LogP contribution in [-0.2, 0) is 16.6 Å². The van der Waals surface area contributed by atoms with Crippen LogP contribution in [-0.4, -0.2) is 43.1 Å². The van der Waals surface area contributed by atoms with Crippen molar-refractivity contribution in [3.63, 3.8) is 0 Å². The minimum Gasteiger partial charge on any atom is -0.317 e. The number of aromatic nitrogens is 2. The van der Waals surface area contributed by atoms with Crippen molar-refractivity contribution < 1.29 is 8.42 Å². The van der Waals surface area contributed by atoms with E-state index >= 15 is 0 Å². The highest BCUT2D eigenvalue weighted by Crippen LogP contribution is 2.16. The van der Waals surface area contributed by atoms with E-state index in [9.17, 15) is 8.42 Å². The fraction of sp³-hybridized carbons (Fsp3) is 0.769. The molecule has 1 atom stereocenters. The zero-order valence-corrected chi connectivity index (χ0v) is 12.8. The predicted octanol–water partition coefficient (Wildman–Crippen LogP) is 0.581. The molecule has 0 radical (unpaired) electrons. The Hall–Kier alpha value is -0.920. The molecule has 7 heteroatoms. The van der Waals surface area contributed by atoms with Gasteiger partial charge in [-0.15, -0.1) is 0 Å². The molecule has 0 amide bonds. The van der Waals surface area contributed by atoms with Crippen LogP contribution in [0.4, 0.5) is 0 Å². The lowest BCUT2D eigenvalue weighted by molar-refractivity contribution is 0.364. The molecule has 20 heavy (non-hydrogen) atoms. The molecule has 0 aromatic carbocycles. The fourth-order valence-corrected chi connectivity index (χ4v) is 4.03. The van der Waals surface area contributed by atoms with Gasteiger partial charge >= 0.3 is 0 Å². The summed E-state index contributed by atoms with van der Waals surface area (Å²) in [4.78, 5) is 0. The topological polar surface area (TPSA) is 76.0 Å². The van der Waals surface area contributed by atoms with Gasteiger partial charge in [0, 0.05) is 18.4 Å². The van der Waals surface area contributed by atoms with Crippen LogP contribution in [0.3, 0.4) is 0 Å². The summed E-state index contributed by atoms with van der Waals surface area (Å²) in [5, 5.41) is 7.37. The predicted molar refractivity (Wildman–Crippen MR) is 78.8 cm³/mol. The van der Waals surface area contributed by atoms with Crippen molar-refractivity contribution >= 4 is 10.0 Å². The monoisotopic (exact) mass is 300 g/mol. The van der Waals surface area contributed by atoms with Crippen molar-refractivity contribution in [2.24, 2.45) is 5.92 Å². The first-order chi connectivity index (χ1) is 9.55. The lowest BCUT2D eigenvalue weighted by Crippen LogP contribution is -2.38. The van der Waals surface area contributed by atoms with Crippen LogP contribution in [0, 0.1) is 5.92 Å². The molecule has 1 aromatic heterocycles. The largest absolute Gasteiger partial charge is 0.317 e. The Labute approximate surface area is 121 Å². The molecule has 1 fully saturated rings. The molecule has 0 bridgehead atoms. The summed E-state index contributed by atoms with van der Waals surface area (Å²) in [5.41, 5.74) is 0. The SMILES string of the molecule is CC(Cn1cccn1)NS(=O)(=O)CCC1CCNCC1. The highest BCUT2D eigenvalue weighted by molar-refractivity contribution is 7.89. The number of sulfonamides is 1. The minimum absolute atomic E-state index is 0.145. The first kappa shape index (κ1) is 15.5. The van der Waals surface area contributed by atoms with Crippen LogP contribution in [0.1, 0.15) is 26.2 Å². The lowest BCUT2D eigenvalue weighted by Gasteiger charge is -2.22. The molecule has 1 saturated heterocycles. The second-order valence-corrected chi connectivity index (χ2v) is 7.42. The van der Waals surface area contributed by atoms with Gasteiger partial charge in [-0.05, 0) is 51.3 Å². The van der Waals surface area contributed by atoms with Gasteiger partial charge in [0.15, 0.2) is 0 Å². The molecule has 0 aliphatic carbocycles. The Kier molecular flexibility index (Phi) is 5.56. The minimum atomic E-state index is -3.19. The van der Waals surface area contributed by atoms with E-state index in [1.165, 1.54) is 0 Å². The van der Waals surface area contributed by atoms with Crippen molar-refractivity contribution in [3.05, 3.63) is 18.5 Å². The van der Waals surface area contributed by atoms with Crippen molar-refractivity contribution in [2.45, 2.75) is 38.8 Å². The molecule has 1 aliphatic rings. The van der Waals surface area contributed by atoms with E-state index in [4.69, 9.17) is 0 Å². The first-order valence-corrected chi connectivity index (χ1v) is 8.88. The maximum atomic E-state index is 12.1. The number of hydrogen-bond acceptors (Lipinski definition) is 4. The molecule has 6 nitrogen and oxygen atoms in total. The van der Waals surface area contributed by atoms with E-state index in [1.807, 2.05) is 19.2 Å². The maximum Gasteiger partial charge on any atom is 0.211 e. The van der Waals surface area contributed by atoms with Crippen LogP contribution in [0.5, 0.6) is 0 Å². The summed E-state index contributed by atoms with van der Waals surface area (Å²) in [6, 6.07) is 1.69. The third-order valence-electron chi connectivity index (χ3n) is 3.65. The quantitative estimate of drug-likeness (QED) is 0.772. The number of nitrogens with one attached hydrogen (secondary N) is 2. The molecule has 114 valence electrons. The van der Waals surface area contributed by atoms with Gasteiger partial charge in [0.1, 0.15) is 0 Å². The maximum absolute atomic E-state index is 12.1. The molecule has 2 N–H and O–H groups in total. The van der Waals surface area contributed by atoms with Crippen LogP contribution in [0.2, 0.25) is 0 Å². The summed E-state index contributed by atoms with van der Waals surface area (Å²) in [6.07, 6.45) is 6.44. The summed E-state index contributed by atoms with van der Waals surface area (Å²) < 4.78 is 28.6. The Morgan fingerprint density at radius 2 is 2.20 bits per heavy atom. The van der Waals surface area contributed by atoms with Crippen molar-refractivity contribution in [2.75, 3.05) is 18.8 Å². The summed E-state index contributed by atoms with van der Waals surface area (Å²) in [6.45, 7) is 4.44. The molecule has 1 aromatic rings. The number of piperidine rings is 1. The third-order valence-corrected chi connectivity index (χ3v) is 5.19. The van der Waals surface area contributed by atoms with Gasteiger partial charge in [0.2, 0.25) is 10.0 Å². The summed E-state index contributed by atoms with van der Waals surface area (Å²) >= 11 is 0. The van der Waals surface area contributed by atoms with E-state index in [2.05, 4.69) is 15.1 Å². The van der Waals surface area contributed by atoms with Crippen LogP contribution in [0.15, 0.2) is 18.5 Å². The molecular formula is C13H24N4O2S. The van der Waals surface area contributed by atoms with Gasteiger partial charge in [-0.2, -0.15) is 5.10 Å². The Bertz CT molecular complexity index is 480. The molecule has 2 heterocycles. The standard InChI is InChI=1S/C13H24N4O2S/c1-12(11-17-9-2-6-15-17)16-20(18,19)10-5-13-3-7-14-8-4-13/h2,6,9,12-14,16H,3-5,7-8,10-11H2,1H3.